The highest BCUT2D eigenvalue weighted by molar-refractivity contribution is 8.00. The first-order chi connectivity index (χ1) is 17.1. The highest BCUT2D eigenvalue weighted by Crippen LogP contribution is 2.41. The summed E-state index contributed by atoms with van der Waals surface area (Å²) in [5.41, 5.74) is 3.82. The summed E-state index contributed by atoms with van der Waals surface area (Å²) in [6.45, 7) is 0.396. The van der Waals surface area contributed by atoms with Crippen LogP contribution in [0.2, 0.25) is 5.02 Å². The number of rotatable bonds is 1. The smallest absolute Gasteiger partial charge is 0.253 e. The van der Waals surface area contributed by atoms with Gasteiger partial charge in [-0.15, -0.1) is 22.7 Å². The monoisotopic (exact) mass is 537 g/mol. The van der Waals surface area contributed by atoms with Gasteiger partial charge in [0.1, 0.15) is 17.7 Å². The van der Waals surface area contributed by atoms with Crippen LogP contribution in [0.25, 0.3) is 31.2 Å². The van der Waals surface area contributed by atoms with Gasteiger partial charge in [-0.3, -0.25) is 4.79 Å². The second kappa shape index (κ2) is 9.12. The number of hydrogen-bond acceptors (Lipinski definition) is 9. The quantitative estimate of drug-likeness (QED) is 0.236. The summed E-state index contributed by atoms with van der Waals surface area (Å²) in [7, 11) is 1.58. The standard InChI is InChI=1S/C24H16ClN5O2S3/c1-32-24-18-6-12(9-27-24)20-8-17-22(34-20)21(29-11-28-17)19-5-3-14(33-19)10-26-23(31)15-7-13(35-30-18)2-4-16(15)25/h2-9,11,30H,10H2,1H3,(H,26,31). The highest BCUT2D eigenvalue weighted by Gasteiger charge is 2.17. The summed E-state index contributed by atoms with van der Waals surface area (Å²) in [6, 6.07) is 13.4. The fourth-order valence-electron chi connectivity index (χ4n) is 3.71. The lowest BCUT2D eigenvalue weighted by Crippen LogP contribution is -2.22. The third-order valence-electron chi connectivity index (χ3n) is 5.42. The van der Waals surface area contributed by atoms with Gasteiger partial charge in [0.25, 0.3) is 5.91 Å². The number of ether oxygens (including phenoxy) is 1. The second-order valence-corrected chi connectivity index (χ2v) is 11.1. The Labute approximate surface area is 217 Å². The topological polar surface area (TPSA) is 89.0 Å². The van der Waals surface area contributed by atoms with Gasteiger partial charge in [-0.05, 0) is 54.4 Å². The van der Waals surface area contributed by atoms with Gasteiger partial charge in [-0.25, -0.2) is 15.0 Å². The van der Waals surface area contributed by atoms with Crippen LogP contribution in [0.5, 0.6) is 5.88 Å². The van der Waals surface area contributed by atoms with Gasteiger partial charge < -0.3 is 14.8 Å². The number of amides is 1. The first-order valence-electron chi connectivity index (χ1n) is 10.5. The van der Waals surface area contributed by atoms with E-state index in [-0.39, 0.29) is 5.91 Å². The van der Waals surface area contributed by atoms with E-state index in [9.17, 15) is 4.79 Å². The summed E-state index contributed by atoms with van der Waals surface area (Å²) >= 11 is 10.9. The van der Waals surface area contributed by atoms with Crippen molar-refractivity contribution in [2.75, 3.05) is 11.8 Å². The summed E-state index contributed by atoms with van der Waals surface area (Å²) in [6.07, 6.45) is 3.38. The predicted octanol–water partition coefficient (Wildman–Crippen LogP) is 6.51. The largest absolute Gasteiger partial charge is 0.480 e. The van der Waals surface area contributed by atoms with Gasteiger partial charge in [0.05, 0.1) is 39.3 Å². The fourth-order valence-corrected chi connectivity index (χ4v) is 6.71. The molecule has 0 atom stereocenters. The number of carbonyl (C=O) groups is 1. The average Bonchev–Trinajstić information content (AvgIpc) is 3.53. The summed E-state index contributed by atoms with van der Waals surface area (Å²) in [5, 5.41) is 3.37. The van der Waals surface area contributed by atoms with Crippen LogP contribution in [0.3, 0.4) is 0 Å². The Hall–Kier alpha value is -3.18. The Bertz CT molecular complexity index is 1600. The average molecular weight is 538 g/mol. The van der Waals surface area contributed by atoms with Crippen LogP contribution < -0.4 is 14.8 Å². The maximum absolute atomic E-state index is 12.9. The van der Waals surface area contributed by atoms with E-state index >= 15 is 0 Å². The Morgan fingerprint density at radius 1 is 1.03 bits per heavy atom. The Balaban J connectivity index is 1.51. The molecule has 0 fully saturated rings. The third kappa shape index (κ3) is 4.23. The van der Waals surface area contributed by atoms with Crippen LogP contribution in [0, 0.1) is 0 Å². The van der Waals surface area contributed by atoms with Crippen molar-refractivity contribution in [2.24, 2.45) is 0 Å². The van der Waals surface area contributed by atoms with E-state index in [0.29, 0.717) is 28.7 Å². The molecular weight excluding hydrogens is 522 g/mol. The minimum atomic E-state index is -0.234. The molecule has 5 aromatic rings. The van der Waals surface area contributed by atoms with Crippen LogP contribution in [0.4, 0.5) is 5.69 Å². The molecule has 0 saturated heterocycles. The molecule has 4 aromatic heterocycles. The first kappa shape index (κ1) is 22.3. The van der Waals surface area contributed by atoms with E-state index in [0.717, 1.165) is 41.0 Å². The van der Waals surface area contributed by atoms with Crippen molar-refractivity contribution in [2.45, 2.75) is 11.4 Å². The lowest BCUT2D eigenvalue weighted by Gasteiger charge is -2.12. The molecular formula is C24H16ClN5O2S3. The van der Waals surface area contributed by atoms with Crippen LogP contribution >= 0.6 is 46.2 Å². The molecule has 5 heterocycles. The number of pyridine rings is 1. The van der Waals surface area contributed by atoms with E-state index in [4.69, 9.17) is 16.3 Å². The van der Waals surface area contributed by atoms with Crippen molar-refractivity contribution in [1.82, 2.24) is 20.3 Å². The van der Waals surface area contributed by atoms with E-state index < -0.39 is 0 Å². The second-order valence-electron chi connectivity index (χ2n) is 7.62. The number of methoxy groups -OCH3 is 1. The van der Waals surface area contributed by atoms with E-state index in [2.05, 4.69) is 31.1 Å². The van der Waals surface area contributed by atoms with Gasteiger partial charge in [0.15, 0.2) is 0 Å². The van der Waals surface area contributed by atoms with Crippen molar-refractivity contribution in [1.29, 1.82) is 0 Å². The molecule has 1 aromatic carbocycles. The van der Waals surface area contributed by atoms with Gasteiger partial charge in [0, 0.05) is 26.4 Å². The molecule has 35 heavy (non-hydrogen) atoms. The minimum absolute atomic E-state index is 0.234. The number of halogens is 1. The Kier molecular flexibility index (Phi) is 5.81. The zero-order valence-corrected chi connectivity index (χ0v) is 21.4. The van der Waals surface area contributed by atoms with Gasteiger partial charge in [-0.2, -0.15) is 0 Å². The van der Waals surface area contributed by atoms with Crippen molar-refractivity contribution >= 4 is 68.0 Å². The molecule has 0 aliphatic carbocycles. The van der Waals surface area contributed by atoms with E-state index in [1.165, 1.54) is 11.9 Å². The molecule has 0 unspecified atom stereocenters. The van der Waals surface area contributed by atoms with E-state index in [1.807, 2.05) is 24.3 Å². The van der Waals surface area contributed by atoms with Gasteiger partial charge in [-0.1, -0.05) is 11.6 Å². The molecule has 0 saturated carbocycles. The minimum Gasteiger partial charge on any atom is -0.480 e. The van der Waals surface area contributed by atoms with Crippen LogP contribution in [0.1, 0.15) is 15.2 Å². The van der Waals surface area contributed by atoms with Crippen molar-refractivity contribution < 1.29 is 9.53 Å². The molecule has 7 nitrogen and oxygen atoms in total. The maximum atomic E-state index is 12.9. The molecule has 0 spiro atoms. The zero-order chi connectivity index (χ0) is 23.9. The molecule has 6 rings (SSSR count). The van der Waals surface area contributed by atoms with E-state index in [1.54, 1.807) is 54.4 Å². The number of carbonyl (C=O) groups excluding carboxylic acids is 1. The number of nitrogens with zero attached hydrogens (tertiary/aromatic N) is 3. The third-order valence-corrected chi connectivity index (χ3v) is 8.83. The normalized spacial score (nSPS) is 13.1. The molecule has 2 N–H and O–H groups in total. The Morgan fingerprint density at radius 3 is 2.83 bits per heavy atom. The highest BCUT2D eigenvalue weighted by atomic mass is 35.5. The Morgan fingerprint density at radius 2 is 1.94 bits per heavy atom. The van der Waals surface area contributed by atoms with Crippen LogP contribution in [0.15, 0.2) is 59.9 Å². The summed E-state index contributed by atoms with van der Waals surface area (Å²) in [4.78, 5) is 30.4. The predicted molar refractivity (Wildman–Crippen MR) is 143 cm³/mol. The number of thiophene rings is 2. The number of anilines is 1. The molecule has 11 heteroatoms. The summed E-state index contributed by atoms with van der Waals surface area (Å²) in [5.74, 6) is 0.234. The molecule has 8 bridgehead atoms. The van der Waals surface area contributed by atoms with Gasteiger partial charge in [0.2, 0.25) is 5.88 Å². The fraction of sp³-hybridized carbons (Fsp3) is 0.0833. The van der Waals surface area contributed by atoms with Crippen LogP contribution in [-0.4, -0.2) is 28.0 Å². The molecule has 174 valence electrons. The maximum Gasteiger partial charge on any atom is 0.253 e. The SMILES string of the molecule is COc1ncc2cc1NSc1ccc(Cl)c(c1)C(=O)NCc1ccc(s1)-c1ncnc3cc-2sc13. The molecule has 0 radical (unpaired) electrons. The molecule has 1 amide bonds. The number of benzene rings is 1. The van der Waals surface area contributed by atoms with Crippen molar-refractivity contribution in [3.05, 3.63) is 70.5 Å². The summed E-state index contributed by atoms with van der Waals surface area (Å²) < 4.78 is 9.78. The zero-order valence-electron chi connectivity index (χ0n) is 18.2. The van der Waals surface area contributed by atoms with Crippen LogP contribution in [-0.2, 0) is 6.54 Å². The lowest BCUT2D eigenvalue weighted by atomic mass is 10.2. The number of fused-ring (bicyclic) bond motifs is 9. The van der Waals surface area contributed by atoms with Crippen molar-refractivity contribution in [3.63, 3.8) is 0 Å². The molecule has 1 aliphatic rings. The number of nitrogens with one attached hydrogen (secondary N) is 2. The number of hydrogen-bond donors (Lipinski definition) is 2. The first-order valence-corrected chi connectivity index (χ1v) is 13.3. The molecule has 1 aliphatic heterocycles. The lowest BCUT2D eigenvalue weighted by molar-refractivity contribution is 0.0951. The number of aromatic nitrogens is 3. The van der Waals surface area contributed by atoms with Crippen molar-refractivity contribution in [3.8, 4) is 26.9 Å². The van der Waals surface area contributed by atoms with Gasteiger partial charge >= 0.3 is 0 Å².